The highest BCUT2D eigenvalue weighted by Crippen LogP contribution is 2.27. The second-order valence-corrected chi connectivity index (χ2v) is 6.98. The zero-order valence-electron chi connectivity index (χ0n) is 16.2. The zero-order chi connectivity index (χ0) is 19.1. The Morgan fingerprint density at radius 3 is 2.67 bits per heavy atom. The van der Waals surface area contributed by atoms with Crippen LogP contribution in [0.25, 0.3) is 11.6 Å². The van der Waals surface area contributed by atoms with Crippen LogP contribution < -0.4 is 10.1 Å². The highest BCUT2D eigenvalue weighted by molar-refractivity contribution is 6.24. The van der Waals surface area contributed by atoms with Crippen LogP contribution in [-0.2, 0) is 4.79 Å². The number of para-hydroxylation sites is 1. The van der Waals surface area contributed by atoms with Gasteiger partial charge in [-0.15, -0.1) is 0 Å². The van der Waals surface area contributed by atoms with Crippen molar-refractivity contribution in [1.29, 1.82) is 0 Å². The summed E-state index contributed by atoms with van der Waals surface area (Å²) in [7, 11) is 3.63. The summed E-state index contributed by atoms with van der Waals surface area (Å²) in [5.41, 5.74) is 2.56. The molecule has 0 radical (unpaired) electrons. The van der Waals surface area contributed by atoms with Gasteiger partial charge in [0.05, 0.1) is 7.11 Å². The first kappa shape index (κ1) is 19.2. The third kappa shape index (κ3) is 4.77. The number of nitrogens with one attached hydrogen (secondary N) is 1. The minimum atomic E-state index is 0.0907. The third-order valence-corrected chi connectivity index (χ3v) is 5.05. The molecule has 1 aliphatic rings. The summed E-state index contributed by atoms with van der Waals surface area (Å²) in [4.78, 5) is 15.4. The van der Waals surface area contributed by atoms with Crippen LogP contribution in [0.4, 0.5) is 0 Å². The molecule has 0 aliphatic carbocycles. The Bertz CT molecular complexity index is 784. The summed E-state index contributed by atoms with van der Waals surface area (Å²) in [5.74, 6) is 1.37. The molecule has 1 heterocycles. The number of ether oxygens (including phenoxy) is 1. The van der Waals surface area contributed by atoms with Gasteiger partial charge in [-0.05, 0) is 50.1 Å². The fourth-order valence-corrected chi connectivity index (χ4v) is 3.70. The van der Waals surface area contributed by atoms with Gasteiger partial charge in [0.2, 0.25) is 0 Å². The van der Waals surface area contributed by atoms with Crippen LogP contribution in [0.15, 0.2) is 54.6 Å². The summed E-state index contributed by atoms with van der Waals surface area (Å²) in [5, 5.41) is 3.24. The molecule has 2 aromatic rings. The van der Waals surface area contributed by atoms with Crippen molar-refractivity contribution in [3.63, 3.8) is 0 Å². The van der Waals surface area contributed by atoms with Crippen LogP contribution in [0.2, 0.25) is 0 Å². The van der Waals surface area contributed by atoms with Crippen molar-refractivity contribution in [2.24, 2.45) is 5.92 Å². The van der Waals surface area contributed by atoms with Crippen LogP contribution in [0, 0.1) is 5.92 Å². The molecule has 3 rings (SSSR count). The monoisotopic (exact) mass is 364 g/mol. The normalized spacial score (nSPS) is 17.6. The Labute approximate surface area is 161 Å². The van der Waals surface area contributed by atoms with E-state index in [0.717, 1.165) is 42.9 Å². The van der Waals surface area contributed by atoms with Gasteiger partial charge in [-0.3, -0.25) is 4.79 Å². The van der Waals surface area contributed by atoms with Gasteiger partial charge in [-0.25, -0.2) is 0 Å². The summed E-state index contributed by atoms with van der Waals surface area (Å²) < 4.78 is 5.48. The van der Waals surface area contributed by atoms with Crippen LogP contribution >= 0.6 is 0 Å². The van der Waals surface area contributed by atoms with Crippen molar-refractivity contribution in [2.45, 2.75) is 12.8 Å². The maximum atomic E-state index is 13.4. The quantitative estimate of drug-likeness (QED) is 0.628. The Morgan fingerprint density at radius 1 is 1.19 bits per heavy atom. The highest BCUT2D eigenvalue weighted by Gasteiger charge is 2.26. The van der Waals surface area contributed by atoms with Gasteiger partial charge in [0.1, 0.15) is 5.75 Å². The lowest BCUT2D eigenvalue weighted by molar-refractivity contribution is -0.126. The Kier molecular flexibility index (Phi) is 6.66. The maximum absolute atomic E-state index is 13.4. The topological polar surface area (TPSA) is 41.6 Å². The fourth-order valence-electron chi connectivity index (χ4n) is 3.70. The Morgan fingerprint density at radius 2 is 1.93 bits per heavy atom. The predicted molar refractivity (Wildman–Crippen MR) is 111 cm³/mol. The molecule has 1 N–H and O–H groups in total. The third-order valence-electron chi connectivity index (χ3n) is 5.05. The molecule has 27 heavy (non-hydrogen) atoms. The average Bonchev–Trinajstić information content (AvgIpc) is 2.73. The first-order valence-corrected chi connectivity index (χ1v) is 9.57. The molecule has 0 aromatic heterocycles. The molecule has 0 spiro atoms. The minimum absolute atomic E-state index is 0.0907. The van der Waals surface area contributed by atoms with E-state index in [1.54, 1.807) is 7.11 Å². The van der Waals surface area contributed by atoms with E-state index in [2.05, 4.69) is 5.32 Å². The molecular formula is C23H28N2O2. The number of carbonyl (C=O) groups is 1. The van der Waals surface area contributed by atoms with Crippen molar-refractivity contribution in [1.82, 2.24) is 10.2 Å². The second-order valence-electron chi connectivity index (χ2n) is 6.98. The van der Waals surface area contributed by atoms with E-state index in [-0.39, 0.29) is 5.91 Å². The lowest BCUT2D eigenvalue weighted by atomic mass is 9.95. The first-order valence-electron chi connectivity index (χ1n) is 9.57. The van der Waals surface area contributed by atoms with E-state index < -0.39 is 0 Å². The van der Waals surface area contributed by atoms with Crippen LogP contribution in [0.5, 0.6) is 5.75 Å². The Balaban J connectivity index is 1.95. The van der Waals surface area contributed by atoms with E-state index in [0.29, 0.717) is 11.5 Å². The van der Waals surface area contributed by atoms with Gasteiger partial charge in [0.25, 0.3) is 5.91 Å². The molecule has 1 unspecified atom stereocenters. The van der Waals surface area contributed by atoms with Gasteiger partial charge in [0.15, 0.2) is 0 Å². The highest BCUT2D eigenvalue weighted by atomic mass is 16.5. The number of amides is 1. The fraction of sp³-hybridized carbons (Fsp3) is 0.348. The molecule has 4 nitrogen and oxygen atoms in total. The van der Waals surface area contributed by atoms with E-state index in [4.69, 9.17) is 4.74 Å². The van der Waals surface area contributed by atoms with E-state index in [1.807, 2.05) is 72.6 Å². The SMILES string of the molecule is CNCC1CCCN(C(=O)/C(=C/c2ccccc2OC)c2ccccc2)C1. The number of likely N-dealkylation sites (tertiary alicyclic amines) is 1. The predicted octanol–water partition coefficient (Wildman–Crippen LogP) is 3.69. The molecule has 142 valence electrons. The number of nitrogens with zero attached hydrogens (tertiary/aromatic N) is 1. The zero-order valence-corrected chi connectivity index (χ0v) is 16.2. The summed E-state index contributed by atoms with van der Waals surface area (Å²) in [6, 6.07) is 17.7. The summed E-state index contributed by atoms with van der Waals surface area (Å²) in [6.45, 7) is 2.56. The molecule has 0 saturated carbocycles. The standard InChI is InChI=1S/C23H28N2O2/c1-24-16-18-9-8-14-25(17-18)23(26)21(19-10-4-3-5-11-19)15-20-12-6-7-13-22(20)27-2/h3-7,10-13,15,18,24H,8-9,14,16-17H2,1-2H3/b21-15+. The molecule has 1 amide bonds. The number of carbonyl (C=O) groups excluding carboxylic acids is 1. The van der Waals surface area contributed by atoms with Crippen LogP contribution in [0.1, 0.15) is 24.0 Å². The first-order chi connectivity index (χ1) is 13.2. The average molecular weight is 364 g/mol. The lowest BCUT2D eigenvalue weighted by Crippen LogP contribution is -2.42. The largest absolute Gasteiger partial charge is 0.496 e. The van der Waals surface area contributed by atoms with E-state index in [9.17, 15) is 4.79 Å². The molecule has 2 aromatic carbocycles. The summed E-state index contributed by atoms with van der Waals surface area (Å²) in [6.07, 6.45) is 4.18. The van der Waals surface area contributed by atoms with Crippen molar-refractivity contribution in [3.8, 4) is 5.75 Å². The molecular weight excluding hydrogens is 336 g/mol. The molecule has 0 bridgehead atoms. The summed E-state index contributed by atoms with van der Waals surface area (Å²) >= 11 is 0. The smallest absolute Gasteiger partial charge is 0.254 e. The molecule has 4 heteroatoms. The van der Waals surface area contributed by atoms with E-state index >= 15 is 0 Å². The number of hydrogen-bond acceptors (Lipinski definition) is 3. The van der Waals surface area contributed by atoms with Gasteiger partial charge in [0, 0.05) is 24.2 Å². The molecule has 1 atom stereocenters. The second kappa shape index (κ2) is 9.38. The lowest BCUT2D eigenvalue weighted by Gasteiger charge is -2.33. The Hall–Kier alpha value is -2.59. The number of benzene rings is 2. The number of hydrogen-bond donors (Lipinski definition) is 1. The van der Waals surface area contributed by atoms with Gasteiger partial charge in [-0.1, -0.05) is 48.5 Å². The van der Waals surface area contributed by atoms with Crippen molar-refractivity contribution in [2.75, 3.05) is 33.8 Å². The minimum Gasteiger partial charge on any atom is -0.496 e. The van der Waals surface area contributed by atoms with Gasteiger partial charge >= 0.3 is 0 Å². The number of rotatable bonds is 6. The molecule has 1 saturated heterocycles. The number of methoxy groups -OCH3 is 1. The van der Waals surface area contributed by atoms with Crippen molar-refractivity contribution >= 4 is 17.6 Å². The van der Waals surface area contributed by atoms with Crippen molar-refractivity contribution in [3.05, 3.63) is 65.7 Å². The molecule has 1 fully saturated rings. The van der Waals surface area contributed by atoms with Crippen LogP contribution in [0.3, 0.4) is 0 Å². The van der Waals surface area contributed by atoms with Crippen molar-refractivity contribution < 1.29 is 9.53 Å². The van der Waals surface area contributed by atoms with Gasteiger partial charge < -0.3 is 15.0 Å². The van der Waals surface area contributed by atoms with Crippen LogP contribution in [-0.4, -0.2) is 44.6 Å². The number of piperidine rings is 1. The molecule has 1 aliphatic heterocycles. The maximum Gasteiger partial charge on any atom is 0.254 e. The van der Waals surface area contributed by atoms with E-state index in [1.165, 1.54) is 6.42 Å². The van der Waals surface area contributed by atoms with Gasteiger partial charge in [-0.2, -0.15) is 0 Å².